The topological polar surface area (TPSA) is 100 Å². The van der Waals surface area contributed by atoms with Gasteiger partial charge in [-0.2, -0.15) is 5.10 Å². The van der Waals surface area contributed by atoms with Crippen LogP contribution < -0.4 is 5.73 Å². The van der Waals surface area contributed by atoms with Crippen LogP contribution in [0.25, 0.3) is 0 Å². The Morgan fingerprint density at radius 3 is 2.89 bits per heavy atom. The summed E-state index contributed by atoms with van der Waals surface area (Å²) in [6, 6.07) is 1.38. The molecule has 18 heavy (non-hydrogen) atoms. The number of ketones is 1. The first-order valence-corrected chi connectivity index (χ1v) is 5.90. The summed E-state index contributed by atoms with van der Waals surface area (Å²) in [5.74, 6) is -0.778. The molecule has 0 atom stereocenters. The first-order chi connectivity index (χ1) is 8.58. The fourth-order valence-electron chi connectivity index (χ4n) is 1.31. The number of carbonyl (C=O) groups excluding carboxylic acids is 2. The van der Waals surface area contributed by atoms with Crippen molar-refractivity contribution in [2.45, 2.75) is 0 Å². The van der Waals surface area contributed by atoms with Gasteiger partial charge in [-0.25, -0.2) is 9.78 Å². The van der Waals surface area contributed by atoms with Crippen molar-refractivity contribution in [3.63, 3.8) is 0 Å². The number of thiazole rings is 1. The molecule has 0 fully saturated rings. The molecule has 0 saturated heterocycles. The van der Waals surface area contributed by atoms with E-state index >= 15 is 0 Å². The summed E-state index contributed by atoms with van der Waals surface area (Å²) in [7, 11) is 1.56. The first-order valence-electron chi connectivity index (χ1n) is 4.96. The van der Waals surface area contributed by atoms with Crippen molar-refractivity contribution in [3.05, 3.63) is 28.3 Å². The first kappa shape index (κ1) is 12.2. The van der Waals surface area contributed by atoms with E-state index in [1.165, 1.54) is 27.6 Å². The van der Waals surface area contributed by atoms with Gasteiger partial charge in [-0.3, -0.25) is 9.48 Å². The standard InChI is InChI=1S/C10H10N4O3S/c1-14-7(2-9(11)13-14)10(16)17-3-8(15)6-4-18-5-12-6/h2,4-5H,3H2,1H3,(H2,11,13). The van der Waals surface area contributed by atoms with E-state index in [2.05, 4.69) is 10.1 Å². The molecule has 8 heteroatoms. The van der Waals surface area contributed by atoms with Crippen molar-refractivity contribution in [1.29, 1.82) is 0 Å². The van der Waals surface area contributed by atoms with Crippen LogP contribution in [0, 0.1) is 0 Å². The minimum absolute atomic E-state index is 0.193. The monoisotopic (exact) mass is 266 g/mol. The summed E-state index contributed by atoms with van der Waals surface area (Å²) in [5, 5.41) is 5.40. The van der Waals surface area contributed by atoms with Crippen LogP contribution in [0.15, 0.2) is 17.0 Å². The van der Waals surface area contributed by atoms with Gasteiger partial charge in [0.05, 0.1) is 5.51 Å². The Hall–Kier alpha value is -2.22. The fraction of sp³-hybridized carbons (Fsp3) is 0.200. The second-order valence-electron chi connectivity index (χ2n) is 3.45. The maximum absolute atomic E-state index is 11.6. The molecule has 2 rings (SSSR count). The number of nitrogens with zero attached hydrogens (tertiary/aromatic N) is 3. The SMILES string of the molecule is Cn1nc(N)cc1C(=O)OCC(=O)c1cscn1. The number of ether oxygens (including phenoxy) is 1. The molecule has 0 saturated carbocycles. The number of aromatic nitrogens is 3. The molecule has 0 radical (unpaired) electrons. The Kier molecular flexibility index (Phi) is 3.38. The number of Topliss-reactive ketones (excluding diaryl/α,β-unsaturated/α-hetero) is 1. The van der Waals surface area contributed by atoms with Gasteiger partial charge in [0.2, 0.25) is 5.78 Å². The third kappa shape index (κ3) is 2.54. The Balaban J connectivity index is 1.97. The molecule has 2 heterocycles. The number of nitrogens with two attached hydrogens (primary N) is 1. The number of nitrogen functional groups attached to an aromatic ring is 1. The Labute approximate surface area is 106 Å². The lowest BCUT2D eigenvalue weighted by Gasteiger charge is -2.02. The highest BCUT2D eigenvalue weighted by Gasteiger charge is 2.16. The number of rotatable bonds is 4. The molecule has 0 amide bonds. The molecular formula is C10H10N4O3S. The third-order valence-electron chi connectivity index (χ3n) is 2.16. The zero-order valence-electron chi connectivity index (χ0n) is 9.49. The molecule has 0 aliphatic rings. The zero-order valence-corrected chi connectivity index (χ0v) is 10.3. The van der Waals surface area contributed by atoms with Crippen LogP contribution in [0.3, 0.4) is 0 Å². The molecule has 7 nitrogen and oxygen atoms in total. The van der Waals surface area contributed by atoms with Crippen LogP contribution in [0.5, 0.6) is 0 Å². The van der Waals surface area contributed by atoms with Crippen molar-refractivity contribution >= 4 is 28.9 Å². The maximum atomic E-state index is 11.6. The van der Waals surface area contributed by atoms with E-state index in [1.807, 2.05) is 0 Å². The Bertz CT molecular complexity index is 576. The lowest BCUT2D eigenvalue weighted by Crippen LogP contribution is -2.16. The predicted molar refractivity (Wildman–Crippen MR) is 64.3 cm³/mol. The normalized spacial score (nSPS) is 10.3. The van der Waals surface area contributed by atoms with Gasteiger partial charge < -0.3 is 10.5 Å². The van der Waals surface area contributed by atoms with E-state index in [4.69, 9.17) is 10.5 Å². The van der Waals surface area contributed by atoms with Crippen LogP contribution in [0.4, 0.5) is 5.82 Å². The van der Waals surface area contributed by atoms with E-state index < -0.39 is 5.97 Å². The smallest absolute Gasteiger partial charge is 0.357 e. The van der Waals surface area contributed by atoms with Gasteiger partial charge in [0, 0.05) is 18.5 Å². The van der Waals surface area contributed by atoms with Crippen LogP contribution in [0.2, 0.25) is 0 Å². The van der Waals surface area contributed by atoms with Crippen LogP contribution in [-0.4, -0.2) is 33.1 Å². The van der Waals surface area contributed by atoms with Gasteiger partial charge in [0.15, 0.2) is 6.61 Å². The van der Waals surface area contributed by atoms with Gasteiger partial charge in [0.25, 0.3) is 0 Å². The van der Waals surface area contributed by atoms with E-state index in [9.17, 15) is 9.59 Å². The largest absolute Gasteiger partial charge is 0.453 e. The summed E-state index contributed by atoms with van der Waals surface area (Å²) in [5.41, 5.74) is 7.46. The summed E-state index contributed by atoms with van der Waals surface area (Å²) in [6.45, 7) is -0.354. The molecule has 0 aliphatic heterocycles. The minimum Gasteiger partial charge on any atom is -0.453 e. The number of anilines is 1. The Morgan fingerprint density at radius 2 is 2.33 bits per heavy atom. The summed E-state index contributed by atoms with van der Waals surface area (Å²) in [6.07, 6.45) is 0. The Morgan fingerprint density at radius 1 is 1.56 bits per heavy atom. The number of carbonyl (C=O) groups is 2. The number of hydrogen-bond donors (Lipinski definition) is 1. The molecule has 2 N–H and O–H groups in total. The lowest BCUT2D eigenvalue weighted by molar-refractivity contribution is 0.0463. The second kappa shape index (κ2) is 4.96. The summed E-state index contributed by atoms with van der Waals surface area (Å²) < 4.78 is 6.16. The summed E-state index contributed by atoms with van der Waals surface area (Å²) >= 11 is 1.30. The van der Waals surface area contributed by atoms with E-state index in [-0.39, 0.29) is 29.6 Å². The van der Waals surface area contributed by atoms with Gasteiger partial charge in [0.1, 0.15) is 17.2 Å². The van der Waals surface area contributed by atoms with E-state index in [0.29, 0.717) is 0 Å². The van der Waals surface area contributed by atoms with Crippen molar-refractivity contribution in [1.82, 2.24) is 14.8 Å². The maximum Gasteiger partial charge on any atom is 0.357 e. The molecule has 0 aliphatic carbocycles. The number of hydrogen-bond acceptors (Lipinski definition) is 7. The highest BCUT2D eigenvalue weighted by atomic mass is 32.1. The summed E-state index contributed by atoms with van der Waals surface area (Å²) in [4.78, 5) is 27.0. The molecular weight excluding hydrogens is 256 g/mol. The predicted octanol–water partition coefficient (Wildman–Crippen LogP) is 0.498. The average Bonchev–Trinajstić information content (AvgIpc) is 2.95. The van der Waals surface area contributed by atoms with Crippen LogP contribution in [-0.2, 0) is 11.8 Å². The fourth-order valence-corrected chi connectivity index (χ4v) is 1.87. The number of esters is 1. The highest BCUT2D eigenvalue weighted by molar-refractivity contribution is 7.07. The minimum atomic E-state index is -0.648. The third-order valence-corrected chi connectivity index (χ3v) is 2.75. The van der Waals surface area contributed by atoms with Crippen molar-refractivity contribution < 1.29 is 14.3 Å². The second-order valence-corrected chi connectivity index (χ2v) is 4.17. The van der Waals surface area contributed by atoms with Gasteiger partial charge in [-0.15, -0.1) is 11.3 Å². The van der Waals surface area contributed by atoms with Gasteiger partial charge in [-0.05, 0) is 0 Å². The average molecular weight is 266 g/mol. The van der Waals surface area contributed by atoms with Crippen molar-refractivity contribution in [2.24, 2.45) is 7.05 Å². The van der Waals surface area contributed by atoms with Crippen molar-refractivity contribution in [2.75, 3.05) is 12.3 Å². The quantitative estimate of drug-likeness (QED) is 0.639. The molecule has 0 bridgehead atoms. The molecule has 0 aromatic carbocycles. The molecule has 2 aromatic heterocycles. The van der Waals surface area contributed by atoms with Crippen molar-refractivity contribution in [3.8, 4) is 0 Å². The van der Waals surface area contributed by atoms with Crippen LogP contribution >= 0.6 is 11.3 Å². The number of aryl methyl sites for hydroxylation is 1. The zero-order chi connectivity index (χ0) is 13.1. The van der Waals surface area contributed by atoms with Gasteiger partial charge >= 0.3 is 5.97 Å². The van der Waals surface area contributed by atoms with Crippen LogP contribution in [0.1, 0.15) is 21.0 Å². The molecule has 94 valence electrons. The molecule has 0 spiro atoms. The van der Waals surface area contributed by atoms with E-state index in [1.54, 1.807) is 12.4 Å². The highest BCUT2D eigenvalue weighted by Crippen LogP contribution is 2.07. The van der Waals surface area contributed by atoms with Gasteiger partial charge in [-0.1, -0.05) is 0 Å². The molecule has 2 aromatic rings. The van der Waals surface area contributed by atoms with E-state index in [0.717, 1.165) is 0 Å². The lowest BCUT2D eigenvalue weighted by atomic mass is 10.3. The molecule has 0 unspecified atom stereocenters.